The van der Waals surface area contributed by atoms with Gasteiger partial charge in [0.2, 0.25) is 0 Å². The van der Waals surface area contributed by atoms with Crippen LogP contribution in [-0.4, -0.2) is 0 Å². The predicted molar refractivity (Wildman–Crippen MR) is 49.1 cm³/mol. The third-order valence-electron chi connectivity index (χ3n) is 1.66. The fourth-order valence-corrected chi connectivity index (χ4v) is 1.32. The predicted octanol–water partition coefficient (Wildman–Crippen LogP) is 2.77. The van der Waals surface area contributed by atoms with Crippen molar-refractivity contribution in [3.05, 3.63) is 35.2 Å². The fourth-order valence-electron chi connectivity index (χ4n) is 0.989. The van der Waals surface area contributed by atoms with Crippen molar-refractivity contribution in [3.8, 4) is 0 Å². The number of dihydropyridines is 1. The van der Waals surface area contributed by atoms with Gasteiger partial charge in [0.15, 0.2) is 0 Å². The molecule has 2 heteroatoms. The highest BCUT2D eigenvalue weighted by molar-refractivity contribution is 6.32. The molecule has 0 unspecified atom stereocenters. The number of halogens is 1. The molecule has 0 spiro atoms. The number of allylic oxidation sites excluding steroid dienone is 3. The molecule has 0 aromatic heterocycles. The zero-order valence-electron chi connectivity index (χ0n) is 6.82. The lowest BCUT2D eigenvalue weighted by Gasteiger charge is -2.16. The van der Waals surface area contributed by atoms with Crippen molar-refractivity contribution >= 4 is 11.6 Å². The number of rotatable bonds is 1. The van der Waals surface area contributed by atoms with Gasteiger partial charge < -0.3 is 5.32 Å². The van der Waals surface area contributed by atoms with E-state index in [-0.39, 0.29) is 0 Å². The summed E-state index contributed by atoms with van der Waals surface area (Å²) in [6.45, 7) is 8.00. The zero-order chi connectivity index (χ0) is 8.43. The summed E-state index contributed by atoms with van der Waals surface area (Å²) in [5.41, 5.74) is 1.94. The van der Waals surface area contributed by atoms with E-state index >= 15 is 0 Å². The van der Waals surface area contributed by atoms with Crippen LogP contribution in [0, 0.1) is 5.92 Å². The maximum Gasteiger partial charge on any atom is 0.0669 e. The smallest absolute Gasteiger partial charge is 0.0669 e. The molecule has 0 saturated heterocycles. The van der Waals surface area contributed by atoms with Gasteiger partial charge in [0, 0.05) is 11.9 Å². The molecule has 1 aliphatic rings. The highest BCUT2D eigenvalue weighted by atomic mass is 35.5. The maximum atomic E-state index is 5.99. The van der Waals surface area contributed by atoms with Crippen LogP contribution >= 0.6 is 11.6 Å². The second-order valence-corrected chi connectivity index (χ2v) is 3.26. The first-order valence-corrected chi connectivity index (χ1v) is 4.02. The van der Waals surface area contributed by atoms with Crippen molar-refractivity contribution in [1.29, 1.82) is 0 Å². The van der Waals surface area contributed by atoms with E-state index in [9.17, 15) is 0 Å². The summed E-state index contributed by atoms with van der Waals surface area (Å²) >= 11 is 5.99. The lowest BCUT2D eigenvalue weighted by molar-refractivity contribution is 0.778. The minimum Gasteiger partial charge on any atom is -0.361 e. The first-order chi connectivity index (χ1) is 5.13. The van der Waals surface area contributed by atoms with Crippen molar-refractivity contribution in [2.24, 2.45) is 5.92 Å². The molecule has 0 saturated carbocycles. The van der Waals surface area contributed by atoms with E-state index in [1.54, 1.807) is 0 Å². The van der Waals surface area contributed by atoms with E-state index in [0.717, 1.165) is 16.3 Å². The van der Waals surface area contributed by atoms with Gasteiger partial charge in [-0.25, -0.2) is 0 Å². The Labute approximate surface area is 72.4 Å². The highest BCUT2D eigenvalue weighted by Gasteiger charge is 2.11. The van der Waals surface area contributed by atoms with E-state index in [4.69, 9.17) is 11.6 Å². The Kier molecular flexibility index (Phi) is 2.40. The summed E-state index contributed by atoms with van der Waals surface area (Å²) in [6.07, 6.45) is 3.85. The van der Waals surface area contributed by atoms with Gasteiger partial charge in [0.1, 0.15) is 0 Å². The molecule has 0 atom stereocenters. The molecule has 0 amide bonds. The normalized spacial score (nSPS) is 17.6. The summed E-state index contributed by atoms with van der Waals surface area (Å²) < 4.78 is 0. The van der Waals surface area contributed by atoms with Gasteiger partial charge in [-0.15, -0.1) is 0 Å². The van der Waals surface area contributed by atoms with Crippen molar-refractivity contribution in [2.45, 2.75) is 13.8 Å². The van der Waals surface area contributed by atoms with Crippen molar-refractivity contribution in [3.63, 3.8) is 0 Å². The van der Waals surface area contributed by atoms with Crippen molar-refractivity contribution in [1.82, 2.24) is 5.32 Å². The Morgan fingerprint density at radius 1 is 1.55 bits per heavy atom. The zero-order valence-corrected chi connectivity index (χ0v) is 7.57. The van der Waals surface area contributed by atoms with E-state index in [1.165, 1.54) is 0 Å². The van der Waals surface area contributed by atoms with Crippen LogP contribution in [0.25, 0.3) is 0 Å². The molecular weight excluding hydrogens is 158 g/mol. The fraction of sp³-hybridized carbons (Fsp3) is 0.333. The van der Waals surface area contributed by atoms with Crippen molar-refractivity contribution < 1.29 is 0 Å². The third-order valence-corrected chi connectivity index (χ3v) is 2.11. The monoisotopic (exact) mass is 169 g/mol. The Hall–Kier alpha value is -0.690. The van der Waals surface area contributed by atoms with Crippen LogP contribution in [0.15, 0.2) is 35.2 Å². The molecule has 0 aromatic rings. The lowest BCUT2D eigenvalue weighted by atomic mass is 10.0. The van der Waals surface area contributed by atoms with E-state index in [0.29, 0.717) is 5.92 Å². The van der Waals surface area contributed by atoms with Gasteiger partial charge in [-0.1, -0.05) is 32.0 Å². The number of hydrogen-bond acceptors (Lipinski definition) is 1. The van der Waals surface area contributed by atoms with Gasteiger partial charge in [-0.3, -0.25) is 0 Å². The average molecular weight is 170 g/mol. The molecule has 0 fully saturated rings. The molecule has 1 aliphatic heterocycles. The van der Waals surface area contributed by atoms with Gasteiger partial charge in [-0.05, 0) is 17.6 Å². The Morgan fingerprint density at radius 2 is 2.18 bits per heavy atom. The summed E-state index contributed by atoms with van der Waals surface area (Å²) in [7, 11) is 0. The van der Waals surface area contributed by atoms with Gasteiger partial charge in [-0.2, -0.15) is 0 Å². The standard InChI is InChI=1S/C9H12ClN/c1-6(2)8-4-5-11-7(3)9(8)10/h4-6,11H,3H2,1-2H3. The molecule has 0 aliphatic carbocycles. The molecule has 1 rings (SSSR count). The largest absolute Gasteiger partial charge is 0.361 e. The molecule has 0 bridgehead atoms. The second kappa shape index (κ2) is 3.14. The second-order valence-electron chi connectivity index (χ2n) is 2.88. The molecule has 0 aromatic carbocycles. The lowest BCUT2D eigenvalue weighted by Crippen LogP contribution is -2.11. The SMILES string of the molecule is C=C1NC=CC(C(C)C)=C1Cl. The Bertz CT molecular complexity index is 236. The first kappa shape index (κ1) is 8.41. The van der Waals surface area contributed by atoms with Gasteiger partial charge >= 0.3 is 0 Å². The molecule has 0 radical (unpaired) electrons. The molecule has 1 nitrogen and oxygen atoms in total. The molecule has 60 valence electrons. The van der Waals surface area contributed by atoms with E-state index in [1.807, 2.05) is 12.3 Å². The van der Waals surface area contributed by atoms with Crippen molar-refractivity contribution in [2.75, 3.05) is 0 Å². The Balaban J connectivity index is 2.98. The van der Waals surface area contributed by atoms with Crippen LogP contribution in [0.5, 0.6) is 0 Å². The minimum absolute atomic E-state index is 0.456. The van der Waals surface area contributed by atoms with Crippen LogP contribution in [-0.2, 0) is 0 Å². The summed E-state index contributed by atoms with van der Waals surface area (Å²) in [4.78, 5) is 0. The van der Waals surface area contributed by atoms with E-state index in [2.05, 4.69) is 25.7 Å². The third kappa shape index (κ3) is 1.66. The molecule has 1 heterocycles. The number of hydrogen-bond donors (Lipinski definition) is 1. The molecule has 11 heavy (non-hydrogen) atoms. The minimum atomic E-state index is 0.456. The molecule has 1 N–H and O–H groups in total. The van der Waals surface area contributed by atoms with Crippen LogP contribution in [0.2, 0.25) is 0 Å². The van der Waals surface area contributed by atoms with Gasteiger partial charge in [0.05, 0.1) is 5.03 Å². The van der Waals surface area contributed by atoms with Gasteiger partial charge in [0.25, 0.3) is 0 Å². The highest BCUT2D eigenvalue weighted by Crippen LogP contribution is 2.25. The number of nitrogens with one attached hydrogen (secondary N) is 1. The summed E-state index contributed by atoms with van der Waals surface area (Å²) in [5, 5.41) is 3.70. The first-order valence-electron chi connectivity index (χ1n) is 3.65. The van der Waals surface area contributed by atoms with Crippen LogP contribution < -0.4 is 5.32 Å². The van der Waals surface area contributed by atoms with Crippen LogP contribution in [0.3, 0.4) is 0 Å². The van der Waals surface area contributed by atoms with Crippen LogP contribution in [0.4, 0.5) is 0 Å². The quantitative estimate of drug-likeness (QED) is 0.637. The summed E-state index contributed by atoms with van der Waals surface area (Å²) in [5.74, 6) is 0.456. The maximum absolute atomic E-state index is 5.99. The topological polar surface area (TPSA) is 12.0 Å². The summed E-state index contributed by atoms with van der Waals surface area (Å²) in [6, 6.07) is 0. The molecular formula is C9H12ClN. The van der Waals surface area contributed by atoms with E-state index < -0.39 is 0 Å². The average Bonchev–Trinajstić information content (AvgIpc) is 1.94. The Morgan fingerprint density at radius 3 is 2.64 bits per heavy atom. The van der Waals surface area contributed by atoms with Crippen LogP contribution in [0.1, 0.15) is 13.8 Å².